The van der Waals surface area contributed by atoms with Crippen molar-refractivity contribution in [1.82, 2.24) is 5.32 Å². The van der Waals surface area contributed by atoms with Gasteiger partial charge in [-0.05, 0) is 43.2 Å². The first-order chi connectivity index (χ1) is 6.80. The summed E-state index contributed by atoms with van der Waals surface area (Å²) in [6.45, 7) is 2.32. The molecule has 1 saturated carbocycles. The lowest BCUT2D eigenvalue weighted by atomic mass is 9.85. The molecule has 1 nitrogen and oxygen atoms in total. The molecule has 0 aromatic carbocycles. The quantitative estimate of drug-likeness (QED) is 0.689. The van der Waals surface area contributed by atoms with Gasteiger partial charge in [-0.25, -0.2) is 0 Å². The summed E-state index contributed by atoms with van der Waals surface area (Å²) < 4.78 is 0. The topological polar surface area (TPSA) is 12.0 Å². The normalized spacial score (nSPS) is 29.4. The van der Waals surface area contributed by atoms with Gasteiger partial charge in [0.05, 0.1) is 5.54 Å². The van der Waals surface area contributed by atoms with E-state index >= 15 is 0 Å². The summed E-state index contributed by atoms with van der Waals surface area (Å²) in [4.78, 5) is 1.65. The van der Waals surface area contributed by atoms with Gasteiger partial charge in [-0.1, -0.05) is 12.8 Å². The van der Waals surface area contributed by atoms with E-state index < -0.39 is 0 Å². The van der Waals surface area contributed by atoms with Crippen molar-refractivity contribution in [2.45, 2.75) is 50.6 Å². The minimum absolute atomic E-state index is 0.376. The lowest BCUT2D eigenvalue weighted by Crippen LogP contribution is -2.49. The Balaban J connectivity index is 2.07. The van der Waals surface area contributed by atoms with Crippen LogP contribution in [-0.4, -0.2) is 6.04 Å². The summed E-state index contributed by atoms with van der Waals surface area (Å²) in [7, 11) is 0. The molecule has 2 heteroatoms. The lowest BCUT2D eigenvalue weighted by Gasteiger charge is -2.38. The van der Waals surface area contributed by atoms with Gasteiger partial charge in [-0.15, -0.1) is 11.3 Å². The molecule has 1 aliphatic heterocycles. The molecule has 0 amide bonds. The number of rotatable bonds is 0. The molecule has 1 N–H and O–H groups in total. The maximum atomic E-state index is 3.84. The van der Waals surface area contributed by atoms with Crippen LogP contribution in [0.4, 0.5) is 0 Å². The predicted octanol–water partition coefficient (Wildman–Crippen LogP) is 3.05. The number of thiophene rings is 1. The molecule has 1 spiro atoms. The molecule has 1 unspecified atom stereocenters. The van der Waals surface area contributed by atoms with Crippen LogP contribution in [0.2, 0.25) is 0 Å². The van der Waals surface area contributed by atoms with Gasteiger partial charge in [0, 0.05) is 10.9 Å². The first-order valence-electron chi connectivity index (χ1n) is 5.65. The van der Waals surface area contributed by atoms with E-state index in [1.54, 1.807) is 10.4 Å². The van der Waals surface area contributed by atoms with Crippen LogP contribution in [0.3, 0.4) is 0 Å². The maximum Gasteiger partial charge on any atom is 0.0533 e. The van der Waals surface area contributed by atoms with Crippen LogP contribution in [0.15, 0.2) is 11.4 Å². The first kappa shape index (κ1) is 8.93. The molecule has 1 atom stereocenters. The number of fused-ring (bicyclic) bond motifs is 2. The van der Waals surface area contributed by atoms with Crippen LogP contribution in [0.1, 0.15) is 43.0 Å². The Morgan fingerprint density at radius 1 is 1.43 bits per heavy atom. The van der Waals surface area contributed by atoms with Gasteiger partial charge in [-0.2, -0.15) is 0 Å². The zero-order valence-electron chi connectivity index (χ0n) is 8.68. The molecule has 0 saturated heterocycles. The Bertz CT molecular complexity index is 336. The zero-order valence-corrected chi connectivity index (χ0v) is 9.49. The highest BCUT2D eigenvalue weighted by molar-refractivity contribution is 7.10. The third kappa shape index (κ3) is 1.17. The number of nitrogens with one attached hydrogen (secondary N) is 1. The van der Waals surface area contributed by atoms with Crippen molar-refractivity contribution in [3.05, 3.63) is 21.9 Å². The zero-order chi connectivity index (χ0) is 9.60. The largest absolute Gasteiger partial charge is 0.304 e. The Morgan fingerprint density at radius 2 is 2.21 bits per heavy atom. The van der Waals surface area contributed by atoms with Crippen molar-refractivity contribution >= 4 is 11.3 Å². The van der Waals surface area contributed by atoms with Crippen LogP contribution in [0.5, 0.6) is 0 Å². The summed E-state index contributed by atoms with van der Waals surface area (Å²) >= 11 is 1.96. The van der Waals surface area contributed by atoms with Crippen molar-refractivity contribution in [2.24, 2.45) is 0 Å². The summed E-state index contributed by atoms with van der Waals surface area (Å²) in [5.74, 6) is 0. The summed E-state index contributed by atoms with van der Waals surface area (Å²) in [6, 6.07) is 2.99. The molecule has 1 aromatic rings. The molecule has 1 fully saturated rings. The molecule has 76 valence electrons. The standard InChI is InChI=1S/C12H17NS/c1-9-8-10-4-7-14-11(10)12(13-9)5-2-3-6-12/h4,7,9,13H,2-3,5-6,8H2,1H3. The molecule has 2 heterocycles. The lowest BCUT2D eigenvalue weighted by molar-refractivity contribution is 0.286. The minimum Gasteiger partial charge on any atom is -0.304 e. The average Bonchev–Trinajstić information content (AvgIpc) is 2.73. The second kappa shape index (κ2) is 3.07. The fourth-order valence-electron chi connectivity index (χ4n) is 3.18. The van der Waals surface area contributed by atoms with Crippen LogP contribution >= 0.6 is 11.3 Å². The number of hydrogen-bond donors (Lipinski definition) is 1. The fourth-order valence-corrected chi connectivity index (χ4v) is 4.34. The number of hydrogen-bond acceptors (Lipinski definition) is 2. The molecular weight excluding hydrogens is 190 g/mol. The van der Waals surface area contributed by atoms with Crippen LogP contribution in [-0.2, 0) is 12.0 Å². The van der Waals surface area contributed by atoms with Crippen molar-refractivity contribution in [3.8, 4) is 0 Å². The van der Waals surface area contributed by atoms with Crippen molar-refractivity contribution in [2.75, 3.05) is 0 Å². The van der Waals surface area contributed by atoms with Crippen LogP contribution in [0, 0.1) is 0 Å². The third-order valence-electron chi connectivity index (χ3n) is 3.69. The van der Waals surface area contributed by atoms with Gasteiger partial charge < -0.3 is 5.32 Å². The monoisotopic (exact) mass is 207 g/mol. The van der Waals surface area contributed by atoms with Crippen LogP contribution in [0.25, 0.3) is 0 Å². The third-order valence-corrected chi connectivity index (χ3v) is 4.85. The molecule has 1 aromatic heterocycles. The van der Waals surface area contributed by atoms with E-state index in [-0.39, 0.29) is 0 Å². The van der Waals surface area contributed by atoms with E-state index in [0.717, 1.165) is 0 Å². The van der Waals surface area contributed by atoms with E-state index in [1.165, 1.54) is 32.1 Å². The van der Waals surface area contributed by atoms with Gasteiger partial charge in [0.1, 0.15) is 0 Å². The van der Waals surface area contributed by atoms with Crippen molar-refractivity contribution in [3.63, 3.8) is 0 Å². The molecular formula is C12H17NS. The van der Waals surface area contributed by atoms with E-state index in [9.17, 15) is 0 Å². The van der Waals surface area contributed by atoms with Gasteiger partial charge >= 0.3 is 0 Å². The van der Waals surface area contributed by atoms with Gasteiger partial charge in [-0.3, -0.25) is 0 Å². The summed E-state index contributed by atoms with van der Waals surface area (Å²) in [5, 5.41) is 6.11. The molecule has 2 aliphatic rings. The van der Waals surface area contributed by atoms with Gasteiger partial charge in [0.2, 0.25) is 0 Å². The van der Waals surface area contributed by atoms with E-state index in [1.807, 2.05) is 11.3 Å². The molecule has 0 radical (unpaired) electrons. The summed E-state index contributed by atoms with van der Waals surface area (Å²) in [6.07, 6.45) is 6.73. The second-order valence-electron chi connectivity index (χ2n) is 4.81. The molecule has 0 bridgehead atoms. The smallest absolute Gasteiger partial charge is 0.0533 e. The Hall–Kier alpha value is -0.340. The van der Waals surface area contributed by atoms with Gasteiger partial charge in [0.25, 0.3) is 0 Å². The molecule has 14 heavy (non-hydrogen) atoms. The Morgan fingerprint density at radius 3 is 3.00 bits per heavy atom. The van der Waals surface area contributed by atoms with E-state index in [4.69, 9.17) is 0 Å². The predicted molar refractivity (Wildman–Crippen MR) is 60.8 cm³/mol. The maximum absolute atomic E-state index is 3.84. The highest BCUT2D eigenvalue weighted by Gasteiger charge is 2.41. The van der Waals surface area contributed by atoms with E-state index in [0.29, 0.717) is 11.6 Å². The second-order valence-corrected chi connectivity index (χ2v) is 5.73. The molecule has 1 aliphatic carbocycles. The Labute approximate surface area is 89.5 Å². The molecule has 3 rings (SSSR count). The fraction of sp³-hybridized carbons (Fsp3) is 0.667. The van der Waals surface area contributed by atoms with Crippen molar-refractivity contribution < 1.29 is 0 Å². The minimum atomic E-state index is 0.376. The van der Waals surface area contributed by atoms with Gasteiger partial charge in [0.15, 0.2) is 0 Å². The summed E-state index contributed by atoms with van der Waals surface area (Å²) in [5.41, 5.74) is 1.99. The van der Waals surface area contributed by atoms with Crippen LogP contribution < -0.4 is 5.32 Å². The van der Waals surface area contributed by atoms with Crippen molar-refractivity contribution in [1.29, 1.82) is 0 Å². The highest BCUT2D eigenvalue weighted by atomic mass is 32.1. The first-order valence-corrected chi connectivity index (χ1v) is 6.53. The van der Waals surface area contributed by atoms with E-state index in [2.05, 4.69) is 23.7 Å². The Kier molecular flexibility index (Phi) is 1.96. The SMILES string of the molecule is CC1Cc2ccsc2C2(CCCC2)N1. The average molecular weight is 207 g/mol. The highest BCUT2D eigenvalue weighted by Crippen LogP contribution is 2.45.